The molecule has 0 saturated carbocycles. The zero-order valence-electron chi connectivity index (χ0n) is 14.8. The SMILES string of the molecule is CCOC(=O)C1C(=O)C(C(=O)OCC)N(C(=O)OCC)C1c1cccs1. The van der Waals surface area contributed by atoms with Crippen molar-refractivity contribution in [2.24, 2.45) is 5.92 Å². The molecule has 0 aromatic carbocycles. The third kappa shape index (κ3) is 3.72. The van der Waals surface area contributed by atoms with E-state index in [1.165, 1.54) is 11.3 Å². The molecule has 2 rings (SSSR count). The van der Waals surface area contributed by atoms with Crippen LogP contribution in [0.1, 0.15) is 31.7 Å². The Morgan fingerprint density at radius 1 is 1.04 bits per heavy atom. The van der Waals surface area contributed by atoms with Crippen LogP contribution in [0.5, 0.6) is 0 Å². The highest BCUT2D eigenvalue weighted by Crippen LogP contribution is 2.42. The first kappa shape index (κ1) is 19.9. The molecule has 0 spiro atoms. The second-order valence-electron chi connectivity index (χ2n) is 5.35. The van der Waals surface area contributed by atoms with E-state index in [2.05, 4.69) is 0 Å². The molecule has 1 aliphatic heterocycles. The smallest absolute Gasteiger partial charge is 0.411 e. The molecule has 1 aliphatic rings. The third-order valence-electron chi connectivity index (χ3n) is 3.83. The zero-order valence-corrected chi connectivity index (χ0v) is 15.6. The molecular formula is C17H21NO7S. The van der Waals surface area contributed by atoms with Gasteiger partial charge in [0.15, 0.2) is 11.8 Å². The highest BCUT2D eigenvalue weighted by atomic mass is 32.1. The Balaban J connectivity index is 2.54. The molecule has 1 aromatic rings. The lowest BCUT2D eigenvalue weighted by Crippen LogP contribution is -2.45. The molecular weight excluding hydrogens is 362 g/mol. The highest BCUT2D eigenvalue weighted by Gasteiger charge is 2.59. The van der Waals surface area contributed by atoms with Crippen LogP contribution in [0.2, 0.25) is 0 Å². The van der Waals surface area contributed by atoms with Crippen molar-refractivity contribution in [3.63, 3.8) is 0 Å². The number of rotatable bonds is 6. The van der Waals surface area contributed by atoms with E-state index in [0.29, 0.717) is 4.88 Å². The fourth-order valence-corrected chi connectivity index (χ4v) is 3.75. The van der Waals surface area contributed by atoms with Crippen molar-refractivity contribution in [2.75, 3.05) is 19.8 Å². The molecule has 0 bridgehead atoms. The summed E-state index contributed by atoms with van der Waals surface area (Å²) in [5.41, 5.74) is 0. The average Bonchev–Trinajstić information content (AvgIpc) is 3.21. The molecule has 0 N–H and O–H groups in total. The predicted octanol–water partition coefficient (Wildman–Crippen LogP) is 1.94. The number of ketones is 1. The number of likely N-dealkylation sites (tertiary alicyclic amines) is 1. The standard InChI is InChI=1S/C17H21NO7S/c1-4-23-15(20)11-12(10-8-7-9-26-10)18(17(22)25-6-3)13(14(11)19)16(21)24-5-2/h7-9,11-13H,4-6H2,1-3H3. The van der Waals surface area contributed by atoms with E-state index in [-0.39, 0.29) is 19.8 Å². The summed E-state index contributed by atoms with van der Waals surface area (Å²) < 4.78 is 15.0. The number of carbonyl (C=O) groups excluding carboxylic acids is 4. The first-order valence-corrected chi connectivity index (χ1v) is 9.21. The zero-order chi connectivity index (χ0) is 19.3. The third-order valence-corrected chi connectivity index (χ3v) is 4.78. The summed E-state index contributed by atoms with van der Waals surface area (Å²) in [5.74, 6) is -3.71. The predicted molar refractivity (Wildman–Crippen MR) is 91.5 cm³/mol. The number of esters is 2. The van der Waals surface area contributed by atoms with Crippen LogP contribution in [0.15, 0.2) is 17.5 Å². The molecule has 1 saturated heterocycles. The van der Waals surface area contributed by atoms with Crippen LogP contribution < -0.4 is 0 Å². The monoisotopic (exact) mass is 383 g/mol. The van der Waals surface area contributed by atoms with Gasteiger partial charge >= 0.3 is 18.0 Å². The van der Waals surface area contributed by atoms with Crippen LogP contribution in [0, 0.1) is 5.92 Å². The fourth-order valence-electron chi connectivity index (χ4n) is 2.89. The minimum absolute atomic E-state index is 0.0347. The van der Waals surface area contributed by atoms with Gasteiger partial charge in [0.05, 0.1) is 25.9 Å². The average molecular weight is 383 g/mol. The lowest BCUT2D eigenvalue weighted by atomic mass is 9.96. The van der Waals surface area contributed by atoms with E-state index in [4.69, 9.17) is 14.2 Å². The van der Waals surface area contributed by atoms with Crippen LogP contribution >= 0.6 is 11.3 Å². The van der Waals surface area contributed by atoms with E-state index < -0.39 is 41.8 Å². The van der Waals surface area contributed by atoms with Gasteiger partial charge in [-0.2, -0.15) is 0 Å². The van der Waals surface area contributed by atoms with Crippen LogP contribution in [-0.4, -0.2) is 54.6 Å². The summed E-state index contributed by atoms with van der Waals surface area (Å²) in [6.45, 7) is 4.98. The number of Topliss-reactive ketones (excluding diaryl/α,β-unsaturated/α-hetero) is 1. The van der Waals surface area contributed by atoms with Gasteiger partial charge < -0.3 is 14.2 Å². The van der Waals surface area contributed by atoms with Gasteiger partial charge in [0, 0.05) is 4.88 Å². The summed E-state index contributed by atoms with van der Waals surface area (Å²) in [4.78, 5) is 51.9. The van der Waals surface area contributed by atoms with Crippen molar-refractivity contribution < 1.29 is 33.4 Å². The number of hydrogen-bond acceptors (Lipinski definition) is 8. The quantitative estimate of drug-likeness (QED) is 0.420. The van der Waals surface area contributed by atoms with Gasteiger partial charge in [0.1, 0.15) is 5.92 Å². The van der Waals surface area contributed by atoms with Crippen molar-refractivity contribution in [1.82, 2.24) is 4.90 Å². The Morgan fingerprint density at radius 2 is 1.65 bits per heavy atom. The fraction of sp³-hybridized carbons (Fsp3) is 0.529. The van der Waals surface area contributed by atoms with Crippen molar-refractivity contribution in [3.8, 4) is 0 Å². The summed E-state index contributed by atoms with van der Waals surface area (Å²) in [5, 5.41) is 1.75. The Bertz CT molecular complexity index is 673. The number of amides is 1. The van der Waals surface area contributed by atoms with Crippen LogP contribution in [0.4, 0.5) is 4.79 Å². The Labute approximate surface area is 155 Å². The lowest BCUT2D eigenvalue weighted by molar-refractivity contribution is -0.152. The van der Waals surface area contributed by atoms with Gasteiger partial charge in [-0.15, -0.1) is 11.3 Å². The molecule has 0 radical (unpaired) electrons. The molecule has 2 heterocycles. The Kier molecular flexibility index (Phi) is 6.73. The Hall–Kier alpha value is -2.42. The molecule has 0 aliphatic carbocycles. The van der Waals surface area contributed by atoms with Gasteiger partial charge in [-0.05, 0) is 32.2 Å². The summed E-state index contributed by atoms with van der Waals surface area (Å²) in [7, 11) is 0. The summed E-state index contributed by atoms with van der Waals surface area (Å²) in [6, 6.07) is 0.896. The van der Waals surface area contributed by atoms with Crippen molar-refractivity contribution in [2.45, 2.75) is 32.9 Å². The molecule has 142 valence electrons. The normalized spacial score (nSPS) is 22.2. The van der Waals surface area contributed by atoms with Crippen LogP contribution in [-0.2, 0) is 28.6 Å². The molecule has 9 heteroatoms. The number of ether oxygens (including phenoxy) is 3. The topological polar surface area (TPSA) is 99.2 Å². The van der Waals surface area contributed by atoms with Crippen molar-refractivity contribution in [3.05, 3.63) is 22.4 Å². The molecule has 8 nitrogen and oxygen atoms in total. The van der Waals surface area contributed by atoms with E-state index in [9.17, 15) is 19.2 Å². The van der Waals surface area contributed by atoms with Crippen LogP contribution in [0.3, 0.4) is 0 Å². The largest absolute Gasteiger partial charge is 0.465 e. The van der Waals surface area contributed by atoms with Gasteiger partial charge in [0.25, 0.3) is 0 Å². The van der Waals surface area contributed by atoms with E-state index in [0.717, 1.165) is 4.90 Å². The maximum absolute atomic E-state index is 12.9. The number of carbonyl (C=O) groups is 4. The lowest BCUT2D eigenvalue weighted by Gasteiger charge is -2.27. The van der Waals surface area contributed by atoms with E-state index >= 15 is 0 Å². The van der Waals surface area contributed by atoms with Crippen molar-refractivity contribution >= 4 is 35.2 Å². The first-order valence-electron chi connectivity index (χ1n) is 8.33. The number of hydrogen-bond donors (Lipinski definition) is 0. The molecule has 1 amide bonds. The molecule has 26 heavy (non-hydrogen) atoms. The van der Waals surface area contributed by atoms with Gasteiger partial charge in [-0.25, -0.2) is 9.59 Å². The summed E-state index contributed by atoms with van der Waals surface area (Å²) in [6.07, 6.45) is -0.857. The van der Waals surface area contributed by atoms with Crippen LogP contribution in [0.25, 0.3) is 0 Å². The molecule has 3 unspecified atom stereocenters. The number of thiophene rings is 1. The van der Waals surface area contributed by atoms with E-state index in [1.807, 2.05) is 0 Å². The van der Waals surface area contributed by atoms with Gasteiger partial charge in [-0.3, -0.25) is 14.5 Å². The maximum atomic E-state index is 12.9. The second kappa shape index (κ2) is 8.79. The Morgan fingerprint density at radius 3 is 2.19 bits per heavy atom. The molecule has 1 fully saturated rings. The summed E-state index contributed by atoms with van der Waals surface area (Å²) >= 11 is 1.27. The first-order chi connectivity index (χ1) is 12.5. The number of nitrogens with zero attached hydrogens (tertiary/aromatic N) is 1. The van der Waals surface area contributed by atoms with Gasteiger partial charge in [0.2, 0.25) is 0 Å². The minimum Gasteiger partial charge on any atom is -0.465 e. The molecule has 3 atom stereocenters. The minimum atomic E-state index is -1.55. The maximum Gasteiger partial charge on any atom is 0.411 e. The molecule has 1 aromatic heterocycles. The van der Waals surface area contributed by atoms with Gasteiger partial charge in [-0.1, -0.05) is 6.07 Å². The van der Waals surface area contributed by atoms with E-state index in [1.54, 1.807) is 38.3 Å². The second-order valence-corrected chi connectivity index (χ2v) is 6.33. The highest BCUT2D eigenvalue weighted by molar-refractivity contribution is 7.10. The van der Waals surface area contributed by atoms with Crippen molar-refractivity contribution in [1.29, 1.82) is 0 Å².